The highest BCUT2D eigenvalue weighted by molar-refractivity contribution is 6.30. The standard InChI is InChI=1S/C28H31ClN2O3/c1-33-26-10-6-5-9-25(26)27(21-11-13-23(29)14-12-21)30-28(32)22-15-17-31(18-16-22)19-20-34-24-7-3-2-4-8-24/h2-14,22,27H,15-20H2,1H3,(H,30,32)/t27-/m1/s1. The van der Waals surface area contributed by atoms with Crippen LogP contribution in [-0.4, -0.2) is 44.2 Å². The number of hydrogen-bond acceptors (Lipinski definition) is 4. The van der Waals surface area contributed by atoms with Crippen molar-refractivity contribution in [2.75, 3.05) is 33.4 Å². The van der Waals surface area contributed by atoms with Crippen molar-refractivity contribution in [2.45, 2.75) is 18.9 Å². The van der Waals surface area contributed by atoms with Crippen LogP contribution < -0.4 is 14.8 Å². The maximum Gasteiger partial charge on any atom is 0.223 e. The van der Waals surface area contributed by atoms with E-state index in [1.54, 1.807) is 7.11 Å². The van der Waals surface area contributed by atoms with Gasteiger partial charge in [-0.1, -0.05) is 60.1 Å². The third-order valence-electron chi connectivity index (χ3n) is 6.32. The number of carbonyl (C=O) groups excluding carboxylic acids is 1. The highest BCUT2D eigenvalue weighted by Gasteiger charge is 2.28. The highest BCUT2D eigenvalue weighted by atomic mass is 35.5. The van der Waals surface area contributed by atoms with Crippen LogP contribution in [0.2, 0.25) is 5.02 Å². The minimum Gasteiger partial charge on any atom is -0.496 e. The number of para-hydroxylation sites is 2. The molecule has 3 aromatic rings. The van der Waals surface area contributed by atoms with Crippen LogP contribution in [0, 0.1) is 5.92 Å². The number of methoxy groups -OCH3 is 1. The first-order valence-corrected chi connectivity index (χ1v) is 12.1. The molecule has 178 valence electrons. The molecule has 6 heteroatoms. The Kier molecular flexibility index (Phi) is 8.45. The molecule has 3 aromatic carbocycles. The maximum absolute atomic E-state index is 13.3. The lowest BCUT2D eigenvalue weighted by Gasteiger charge is -2.32. The molecule has 0 bridgehead atoms. The molecule has 0 saturated carbocycles. The summed E-state index contributed by atoms with van der Waals surface area (Å²) >= 11 is 6.11. The van der Waals surface area contributed by atoms with Crippen molar-refractivity contribution < 1.29 is 14.3 Å². The van der Waals surface area contributed by atoms with E-state index in [4.69, 9.17) is 21.1 Å². The molecular weight excluding hydrogens is 448 g/mol. The van der Waals surface area contributed by atoms with E-state index < -0.39 is 0 Å². The fraction of sp³-hybridized carbons (Fsp3) is 0.321. The van der Waals surface area contributed by atoms with Crippen LogP contribution in [0.25, 0.3) is 0 Å². The summed E-state index contributed by atoms with van der Waals surface area (Å²) < 4.78 is 11.4. The van der Waals surface area contributed by atoms with Crippen molar-refractivity contribution in [3.05, 3.63) is 95.0 Å². The third-order valence-corrected chi connectivity index (χ3v) is 6.57. The molecule has 1 N–H and O–H groups in total. The van der Waals surface area contributed by atoms with Crippen LogP contribution in [0.3, 0.4) is 0 Å². The molecule has 0 spiro atoms. The zero-order valence-electron chi connectivity index (χ0n) is 19.5. The van der Waals surface area contributed by atoms with Gasteiger partial charge >= 0.3 is 0 Å². The van der Waals surface area contributed by atoms with E-state index in [2.05, 4.69) is 10.2 Å². The molecule has 1 aliphatic heterocycles. The minimum absolute atomic E-state index is 0.0178. The van der Waals surface area contributed by atoms with Gasteiger partial charge in [-0.05, 0) is 61.8 Å². The summed E-state index contributed by atoms with van der Waals surface area (Å²) in [7, 11) is 1.65. The van der Waals surface area contributed by atoms with Gasteiger partial charge in [-0.3, -0.25) is 9.69 Å². The van der Waals surface area contributed by atoms with Crippen LogP contribution in [0.4, 0.5) is 0 Å². The molecule has 0 aliphatic carbocycles. The zero-order chi connectivity index (χ0) is 23.8. The normalized spacial score (nSPS) is 15.5. The van der Waals surface area contributed by atoms with Crippen molar-refractivity contribution in [3.63, 3.8) is 0 Å². The lowest BCUT2D eigenvalue weighted by molar-refractivity contribution is -0.127. The molecule has 0 aromatic heterocycles. The number of benzene rings is 3. The molecular formula is C28H31ClN2O3. The van der Waals surface area contributed by atoms with Gasteiger partial charge in [0.2, 0.25) is 5.91 Å². The lowest BCUT2D eigenvalue weighted by Crippen LogP contribution is -2.42. The fourth-order valence-electron chi connectivity index (χ4n) is 4.39. The number of halogens is 1. The van der Waals surface area contributed by atoms with E-state index in [1.807, 2.05) is 78.9 Å². The van der Waals surface area contributed by atoms with Crippen molar-refractivity contribution in [2.24, 2.45) is 5.92 Å². The Morgan fingerprint density at radius 3 is 2.38 bits per heavy atom. The Balaban J connectivity index is 1.36. The van der Waals surface area contributed by atoms with Gasteiger partial charge < -0.3 is 14.8 Å². The number of rotatable bonds is 9. The Bertz CT molecular complexity index is 1050. The number of amides is 1. The molecule has 1 amide bonds. The summed E-state index contributed by atoms with van der Waals surface area (Å²) in [4.78, 5) is 15.7. The molecule has 4 rings (SSSR count). The van der Waals surface area contributed by atoms with E-state index >= 15 is 0 Å². The second kappa shape index (κ2) is 11.9. The second-order valence-electron chi connectivity index (χ2n) is 8.51. The quantitative estimate of drug-likeness (QED) is 0.450. The van der Waals surface area contributed by atoms with Gasteiger partial charge in [0.15, 0.2) is 0 Å². The SMILES string of the molecule is COc1ccccc1[C@H](NC(=O)C1CCN(CCOc2ccccc2)CC1)c1ccc(Cl)cc1. The van der Waals surface area contributed by atoms with Crippen LogP contribution in [-0.2, 0) is 4.79 Å². The number of hydrogen-bond donors (Lipinski definition) is 1. The first kappa shape index (κ1) is 24.1. The maximum atomic E-state index is 13.3. The van der Waals surface area contributed by atoms with Gasteiger partial charge in [-0.25, -0.2) is 0 Å². The average molecular weight is 479 g/mol. The molecule has 0 unspecified atom stereocenters. The van der Waals surface area contributed by atoms with Gasteiger partial charge in [-0.2, -0.15) is 0 Å². The van der Waals surface area contributed by atoms with Crippen molar-refractivity contribution >= 4 is 17.5 Å². The summed E-state index contributed by atoms with van der Waals surface area (Å²) in [6.07, 6.45) is 1.66. The van der Waals surface area contributed by atoms with E-state index in [9.17, 15) is 4.79 Å². The first-order chi connectivity index (χ1) is 16.6. The number of nitrogens with zero attached hydrogens (tertiary/aromatic N) is 1. The number of ether oxygens (including phenoxy) is 2. The third kappa shape index (κ3) is 6.31. The summed E-state index contributed by atoms with van der Waals surface area (Å²) in [5.41, 5.74) is 1.90. The largest absolute Gasteiger partial charge is 0.496 e. The Morgan fingerprint density at radius 1 is 1.00 bits per heavy atom. The van der Waals surface area contributed by atoms with Crippen molar-refractivity contribution in [1.82, 2.24) is 10.2 Å². The van der Waals surface area contributed by atoms with Crippen LogP contribution in [0.5, 0.6) is 11.5 Å². The van der Waals surface area contributed by atoms with E-state index in [0.717, 1.165) is 55.1 Å². The predicted molar refractivity (Wildman–Crippen MR) is 136 cm³/mol. The van der Waals surface area contributed by atoms with E-state index in [1.165, 1.54) is 0 Å². The fourth-order valence-corrected chi connectivity index (χ4v) is 4.51. The molecule has 1 aliphatic rings. The molecule has 5 nitrogen and oxygen atoms in total. The predicted octanol–water partition coefficient (Wildman–Crippen LogP) is 5.35. The Hall–Kier alpha value is -3.02. The highest BCUT2D eigenvalue weighted by Crippen LogP contribution is 2.31. The number of piperidine rings is 1. The van der Waals surface area contributed by atoms with Crippen LogP contribution in [0.1, 0.15) is 30.0 Å². The lowest BCUT2D eigenvalue weighted by atomic mass is 9.93. The number of nitrogens with one attached hydrogen (secondary N) is 1. The Morgan fingerprint density at radius 2 is 1.68 bits per heavy atom. The summed E-state index contributed by atoms with van der Waals surface area (Å²) in [6.45, 7) is 3.28. The smallest absolute Gasteiger partial charge is 0.223 e. The van der Waals surface area contributed by atoms with Gasteiger partial charge in [0, 0.05) is 23.0 Å². The van der Waals surface area contributed by atoms with Gasteiger partial charge in [0.05, 0.1) is 13.2 Å². The topological polar surface area (TPSA) is 50.8 Å². The Labute approximate surface area is 206 Å². The summed E-state index contributed by atoms with van der Waals surface area (Å²) in [6, 6.07) is 25.0. The molecule has 1 atom stereocenters. The van der Waals surface area contributed by atoms with Crippen LogP contribution in [0.15, 0.2) is 78.9 Å². The minimum atomic E-state index is -0.307. The molecule has 34 heavy (non-hydrogen) atoms. The van der Waals surface area contributed by atoms with Crippen molar-refractivity contribution in [1.29, 1.82) is 0 Å². The number of likely N-dealkylation sites (tertiary alicyclic amines) is 1. The van der Waals surface area contributed by atoms with Crippen molar-refractivity contribution in [3.8, 4) is 11.5 Å². The van der Waals surface area contributed by atoms with Crippen LogP contribution >= 0.6 is 11.6 Å². The summed E-state index contributed by atoms with van der Waals surface area (Å²) in [5.74, 6) is 1.69. The molecule has 1 saturated heterocycles. The molecule has 1 fully saturated rings. The van der Waals surface area contributed by atoms with Gasteiger partial charge in [0.1, 0.15) is 18.1 Å². The molecule has 0 radical (unpaired) electrons. The van der Waals surface area contributed by atoms with E-state index in [-0.39, 0.29) is 17.9 Å². The first-order valence-electron chi connectivity index (χ1n) is 11.7. The van der Waals surface area contributed by atoms with Gasteiger partial charge in [-0.15, -0.1) is 0 Å². The zero-order valence-corrected chi connectivity index (χ0v) is 20.2. The summed E-state index contributed by atoms with van der Waals surface area (Å²) in [5, 5.41) is 3.95. The second-order valence-corrected chi connectivity index (χ2v) is 8.95. The van der Waals surface area contributed by atoms with Gasteiger partial charge in [0.25, 0.3) is 0 Å². The molecule has 1 heterocycles. The van der Waals surface area contributed by atoms with E-state index in [0.29, 0.717) is 11.6 Å². The average Bonchev–Trinajstić information content (AvgIpc) is 2.89. The number of carbonyl (C=O) groups is 1. The monoisotopic (exact) mass is 478 g/mol.